The van der Waals surface area contributed by atoms with E-state index >= 15 is 0 Å². The summed E-state index contributed by atoms with van der Waals surface area (Å²) in [6.07, 6.45) is -0.696. The molecule has 0 amide bonds. The van der Waals surface area contributed by atoms with Gasteiger partial charge in [-0.2, -0.15) is 0 Å². The molecule has 0 aliphatic carbocycles. The van der Waals surface area contributed by atoms with Crippen molar-refractivity contribution in [3.05, 3.63) is 68.1 Å². The topological polar surface area (TPSA) is 20.2 Å². The van der Waals surface area contributed by atoms with E-state index in [1.54, 1.807) is 18.2 Å². The van der Waals surface area contributed by atoms with Crippen LogP contribution >= 0.6 is 39.1 Å². The minimum atomic E-state index is -0.696. The van der Waals surface area contributed by atoms with Crippen LogP contribution in [-0.2, 0) is 0 Å². The van der Waals surface area contributed by atoms with Crippen LogP contribution in [0.1, 0.15) is 17.2 Å². The van der Waals surface area contributed by atoms with Crippen molar-refractivity contribution in [2.24, 2.45) is 0 Å². The molecule has 0 aromatic heterocycles. The Labute approximate surface area is 118 Å². The van der Waals surface area contributed by atoms with Crippen molar-refractivity contribution in [2.75, 3.05) is 0 Å². The Hall–Kier alpha value is -0.540. The van der Waals surface area contributed by atoms with Crippen LogP contribution in [0.25, 0.3) is 0 Å². The molecule has 1 atom stereocenters. The van der Waals surface area contributed by atoms with Crippen LogP contribution in [0.15, 0.2) is 46.9 Å². The summed E-state index contributed by atoms with van der Waals surface area (Å²) in [5.41, 5.74) is 1.54. The molecule has 17 heavy (non-hydrogen) atoms. The second-order valence-electron chi connectivity index (χ2n) is 3.63. The van der Waals surface area contributed by atoms with Gasteiger partial charge in [-0.05, 0) is 35.4 Å². The second-order valence-corrected chi connectivity index (χ2v) is 5.36. The molecule has 4 heteroatoms. The number of aliphatic hydroxyl groups excluding tert-OH is 1. The normalized spacial score (nSPS) is 12.5. The lowest BCUT2D eigenvalue weighted by atomic mass is 10.0. The third kappa shape index (κ3) is 3.02. The number of aliphatic hydroxyl groups is 1. The highest BCUT2D eigenvalue weighted by atomic mass is 79.9. The van der Waals surface area contributed by atoms with E-state index < -0.39 is 6.10 Å². The second kappa shape index (κ2) is 5.40. The summed E-state index contributed by atoms with van der Waals surface area (Å²) in [4.78, 5) is 0. The first-order valence-corrected chi connectivity index (χ1v) is 6.51. The zero-order chi connectivity index (χ0) is 12.4. The standard InChI is InChI=1S/C13H9BrCl2O/c14-10-4-1-8(2-5-10)13(17)9-3-6-11(15)12(16)7-9/h1-7,13,17H/t13-/m0/s1. The van der Waals surface area contributed by atoms with Crippen LogP contribution in [0.2, 0.25) is 10.0 Å². The summed E-state index contributed by atoms with van der Waals surface area (Å²) >= 11 is 15.1. The molecule has 1 N–H and O–H groups in total. The van der Waals surface area contributed by atoms with Gasteiger partial charge in [0.15, 0.2) is 0 Å². The van der Waals surface area contributed by atoms with Crippen molar-refractivity contribution in [1.82, 2.24) is 0 Å². The van der Waals surface area contributed by atoms with Crippen molar-refractivity contribution >= 4 is 39.1 Å². The first-order chi connectivity index (χ1) is 8.08. The molecule has 1 nitrogen and oxygen atoms in total. The summed E-state index contributed by atoms with van der Waals surface area (Å²) in [7, 11) is 0. The Bertz CT molecular complexity index is 525. The molecule has 88 valence electrons. The Morgan fingerprint density at radius 1 is 0.882 bits per heavy atom. The molecule has 0 bridgehead atoms. The molecular weight excluding hydrogens is 323 g/mol. The first kappa shape index (κ1) is 12.9. The van der Waals surface area contributed by atoms with Crippen LogP contribution in [0.3, 0.4) is 0 Å². The summed E-state index contributed by atoms with van der Waals surface area (Å²) in [5, 5.41) is 11.1. The average Bonchev–Trinajstić information content (AvgIpc) is 2.33. The Morgan fingerprint density at radius 2 is 1.47 bits per heavy atom. The van der Waals surface area contributed by atoms with Crippen molar-refractivity contribution in [1.29, 1.82) is 0 Å². The van der Waals surface area contributed by atoms with E-state index in [9.17, 15) is 5.11 Å². The predicted octanol–water partition coefficient (Wildman–Crippen LogP) is 4.84. The fraction of sp³-hybridized carbons (Fsp3) is 0.0769. The molecular formula is C13H9BrCl2O. The van der Waals surface area contributed by atoms with Gasteiger partial charge in [-0.15, -0.1) is 0 Å². The summed E-state index contributed by atoms with van der Waals surface area (Å²) in [5.74, 6) is 0. The van der Waals surface area contributed by atoms with Gasteiger partial charge in [0.05, 0.1) is 10.0 Å². The van der Waals surface area contributed by atoms with Gasteiger partial charge in [-0.25, -0.2) is 0 Å². The molecule has 0 heterocycles. The SMILES string of the molecule is O[C@@H](c1ccc(Br)cc1)c1ccc(Cl)c(Cl)c1. The maximum absolute atomic E-state index is 10.2. The highest BCUT2D eigenvalue weighted by Crippen LogP contribution is 2.29. The fourth-order valence-corrected chi connectivity index (χ4v) is 2.09. The molecule has 0 aliphatic rings. The molecule has 0 saturated carbocycles. The van der Waals surface area contributed by atoms with E-state index in [4.69, 9.17) is 23.2 Å². The number of hydrogen-bond acceptors (Lipinski definition) is 1. The number of rotatable bonds is 2. The number of benzene rings is 2. The molecule has 0 radical (unpaired) electrons. The minimum absolute atomic E-state index is 0.445. The van der Waals surface area contributed by atoms with Gasteiger partial charge in [0, 0.05) is 4.47 Å². The van der Waals surface area contributed by atoms with Crippen LogP contribution < -0.4 is 0 Å². The lowest BCUT2D eigenvalue weighted by Gasteiger charge is -2.12. The lowest BCUT2D eigenvalue weighted by Crippen LogP contribution is -1.99. The third-order valence-corrected chi connectivity index (χ3v) is 3.71. The van der Waals surface area contributed by atoms with Gasteiger partial charge >= 0.3 is 0 Å². The van der Waals surface area contributed by atoms with Crippen LogP contribution in [0.5, 0.6) is 0 Å². The van der Waals surface area contributed by atoms with Crippen molar-refractivity contribution in [3.8, 4) is 0 Å². The summed E-state index contributed by atoms with van der Waals surface area (Å²) in [6.45, 7) is 0. The zero-order valence-corrected chi connectivity index (χ0v) is 11.8. The highest BCUT2D eigenvalue weighted by Gasteiger charge is 2.11. The molecule has 2 aromatic carbocycles. The van der Waals surface area contributed by atoms with Gasteiger partial charge in [0.25, 0.3) is 0 Å². The van der Waals surface area contributed by atoms with Gasteiger partial charge in [0.1, 0.15) is 6.10 Å². The summed E-state index contributed by atoms with van der Waals surface area (Å²) < 4.78 is 0.975. The van der Waals surface area contributed by atoms with Crippen molar-refractivity contribution in [2.45, 2.75) is 6.10 Å². The molecule has 2 aromatic rings. The zero-order valence-electron chi connectivity index (χ0n) is 8.70. The molecule has 0 spiro atoms. The van der Waals surface area contributed by atoms with E-state index in [1.165, 1.54) is 0 Å². The molecule has 0 aliphatic heterocycles. The smallest absolute Gasteiger partial charge is 0.104 e. The lowest BCUT2D eigenvalue weighted by molar-refractivity contribution is 0.220. The van der Waals surface area contributed by atoms with Crippen LogP contribution in [0, 0.1) is 0 Å². The monoisotopic (exact) mass is 330 g/mol. The van der Waals surface area contributed by atoms with E-state index in [0.29, 0.717) is 10.0 Å². The largest absolute Gasteiger partial charge is 0.384 e. The highest BCUT2D eigenvalue weighted by molar-refractivity contribution is 9.10. The Kier molecular flexibility index (Phi) is 4.10. The number of halogens is 3. The third-order valence-electron chi connectivity index (χ3n) is 2.45. The average molecular weight is 332 g/mol. The van der Waals surface area contributed by atoms with Crippen LogP contribution in [0.4, 0.5) is 0 Å². The maximum atomic E-state index is 10.2. The van der Waals surface area contributed by atoms with E-state index in [1.807, 2.05) is 24.3 Å². The molecule has 0 unspecified atom stereocenters. The van der Waals surface area contributed by atoms with E-state index in [0.717, 1.165) is 15.6 Å². The van der Waals surface area contributed by atoms with Gasteiger partial charge < -0.3 is 5.11 Å². The first-order valence-electron chi connectivity index (χ1n) is 4.96. The van der Waals surface area contributed by atoms with E-state index in [-0.39, 0.29) is 0 Å². The quantitative estimate of drug-likeness (QED) is 0.835. The Morgan fingerprint density at radius 3 is 2.06 bits per heavy atom. The Balaban J connectivity index is 2.33. The number of hydrogen-bond donors (Lipinski definition) is 1. The van der Waals surface area contributed by atoms with Crippen molar-refractivity contribution in [3.63, 3.8) is 0 Å². The molecule has 2 rings (SSSR count). The predicted molar refractivity (Wildman–Crippen MR) is 74.7 cm³/mol. The van der Waals surface area contributed by atoms with E-state index in [2.05, 4.69) is 15.9 Å². The van der Waals surface area contributed by atoms with Crippen molar-refractivity contribution < 1.29 is 5.11 Å². The molecule has 0 saturated heterocycles. The van der Waals surface area contributed by atoms with Gasteiger partial charge in [-0.3, -0.25) is 0 Å². The summed E-state index contributed by atoms with van der Waals surface area (Å²) in [6, 6.07) is 12.6. The fourth-order valence-electron chi connectivity index (χ4n) is 1.52. The molecule has 0 fully saturated rings. The minimum Gasteiger partial charge on any atom is -0.384 e. The van der Waals surface area contributed by atoms with Crippen LogP contribution in [-0.4, -0.2) is 5.11 Å². The maximum Gasteiger partial charge on any atom is 0.104 e. The van der Waals surface area contributed by atoms with Gasteiger partial charge in [-0.1, -0.05) is 57.3 Å². The van der Waals surface area contributed by atoms with Gasteiger partial charge in [0.2, 0.25) is 0 Å².